The van der Waals surface area contributed by atoms with Crippen LogP contribution in [0.3, 0.4) is 0 Å². The molecule has 12 heavy (non-hydrogen) atoms. The molecule has 0 aliphatic carbocycles. The van der Waals surface area contributed by atoms with Gasteiger partial charge in [0.1, 0.15) is 5.69 Å². The van der Waals surface area contributed by atoms with Crippen molar-refractivity contribution in [2.75, 3.05) is 0 Å². The van der Waals surface area contributed by atoms with E-state index >= 15 is 0 Å². The van der Waals surface area contributed by atoms with Crippen LogP contribution >= 0.6 is 0 Å². The number of ketones is 1. The van der Waals surface area contributed by atoms with Gasteiger partial charge in [-0.2, -0.15) is 0 Å². The first-order chi connectivity index (χ1) is 5.63. The van der Waals surface area contributed by atoms with Crippen LogP contribution in [-0.2, 0) is 0 Å². The molecule has 0 aromatic carbocycles. The third-order valence-corrected chi connectivity index (χ3v) is 1.41. The summed E-state index contributed by atoms with van der Waals surface area (Å²) in [6.45, 7) is 1.22. The highest BCUT2D eigenvalue weighted by molar-refractivity contribution is 5.93. The maximum absolute atomic E-state index is 12.2. The molecule has 0 aliphatic heterocycles. The fourth-order valence-electron chi connectivity index (χ4n) is 0.888. The van der Waals surface area contributed by atoms with Crippen LogP contribution in [0.1, 0.15) is 29.4 Å². The number of rotatable bonds is 2. The first-order valence-electron chi connectivity index (χ1n) is 3.37. The Kier molecular flexibility index (Phi) is 2.47. The zero-order valence-electron chi connectivity index (χ0n) is 6.42. The lowest BCUT2D eigenvalue weighted by Gasteiger charge is -2.02. The van der Waals surface area contributed by atoms with Crippen LogP contribution in [0.15, 0.2) is 18.3 Å². The van der Waals surface area contributed by atoms with Crippen molar-refractivity contribution in [3.8, 4) is 0 Å². The van der Waals surface area contributed by atoms with Gasteiger partial charge in [-0.3, -0.25) is 9.78 Å². The second-order valence-corrected chi connectivity index (χ2v) is 2.30. The number of hydrogen-bond acceptors (Lipinski definition) is 2. The molecule has 0 atom stereocenters. The minimum Gasteiger partial charge on any atom is -0.293 e. The number of Topliss-reactive ketones (excluding diaryl/α,β-unsaturated/α-hetero) is 1. The van der Waals surface area contributed by atoms with Crippen molar-refractivity contribution in [3.05, 3.63) is 29.6 Å². The number of pyridine rings is 1. The van der Waals surface area contributed by atoms with Crippen molar-refractivity contribution in [1.82, 2.24) is 4.98 Å². The molecule has 0 saturated heterocycles. The van der Waals surface area contributed by atoms with Gasteiger partial charge < -0.3 is 0 Å². The van der Waals surface area contributed by atoms with Gasteiger partial charge >= 0.3 is 0 Å². The molecule has 64 valence electrons. The average Bonchev–Trinajstić information content (AvgIpc) is 2.04. The molecule has 0 bridgehead atoms. The van der Waals surface area contributed by atoms with Crippen LogP contribution < -0.4 is 0 Å². The largest absolute Gasteiger partial charge is 0.293 e. The molecule has 2 nitrogen and oxygen atoms in total. The van der Waals surface area contributed by atoms with Crippen LogP contribution in [0.4, 0.5) is 8.78 Å². The van der Waals surface area contributed by atoms with Gasteiger partial charge in [0.15, 0.2) is 5.78 Å². The van der Waals surface area contributed by atoms with E-state index in [1.165, 1.54) is 25.3 Å². The highest BCUT2D eigenvalue weighted by Gasteiger charge is 2.15. The van der Waals surface area contributed by atoms with E-state index in [4.69, 9.17) is 0 Å². The summed E-state index contributed by atoms with van der Waals surface area (Å²) in [5, 5.41) is 0. The van der Waals surface area contributed by atoms with Crippen LogP contribution in [0.25, 0.3) is 0 Å². The van der Waals surface area contributed by atoms with Crippen molar-refractivity contribution in [3.63, 3.8) is 0 Å². The predicted molar refractivity (Wildman–Crippen MR) is 39.2 cm³/mol. The maximum Gasteiger partial charge on any atom is 0.266 e. The third-order valence-electron chi connectivity index (χ3n) is 1.41. The molecule has 0 N–H and O–H groups in total. The molecule has 0 aliphatic rings. The van der Waals surface area contributed by atoms with Crippen LogP contribution in [-0.4, -0.2) is 10.8 Å². The van der Waals surface area contributed by atoms with Crippen LogP contribution in [0.2, 0.25) is 0 Å². The molecule has 0 unspecified atom stereocenters. The summed E-state index contributed by atoms with van der Waals surface area (Å²) in [5.41, 5.74) is -0.447. The summed E-state index contributed by atoms with van der Waals surface area (Å²) in [4.78, 5) is 14.3. The number of aromatic nitrogens is 1. The predicted octanol–water partition coefficient (Wildman–Crippen LogP) is 2.22. The van der Waals surface area contributed by atoms with Crippen molar-refractivity contribution in [2.24, 2.45) is 0 Å². The Hall–Kier alpha value is -1.32. The average molecular weight is 171 g/mol. The lowest BCUT2D eigenvalue weighted by Crippen LogP contribution is -2.02. The Morgan fingerprint density at radius 2 is 2.25 bits per heavy atom. The Labute approximate surface area is 68.2 Å². The van der Waals surface area contributed by atoms with E-state index in [0.29, 0.717) is 0 Å². The molecule has 0 amide bonds. The van der Waals surface area contributed by atoms with Crippen LogP contribution in [0.5, 0.6) is 0 Å². The van der Waals surface area contributed by atoms with Gasteiger partial charge in [-0.15, -0.1) is 0 Å². The number of carbonyl (C=O) groups is 1. The molecular weight excluding hydrogens is 164 g/mol. The highest BCUT2D eigenvalue weighted by atomic mass is 19.3. The Morgan fingerprint density at radius 3 is 2.67 bits per heavy atom. The molecule has 1 rings (SSSR count). The van der Waals surface area contributed by atoms with E-state index in [0.717, 1.165) is 0 Å². The monoisotopic (exact) mass is 171 g/mol. The second kappa shape index (κ2) is 3.38. The molecule has 1 heterocycles. The van der Waals surface area contributed by atoms with Crippen molar-refractivity contribution >= 4 is 5.78 Å². The van der Waals surface area contributed by atoms with Crippen molar-refractivity contribution in [2.45, 2.75) is 13.3 Å². The summed E-state index contributed by atoms with van der Waals surface area (Å²) >= 11 is 0. The molecule has 0 fully saturated rings. The van der Waals surface area contributed by atoms with Gasteiger partial charge in [-0.05, 0) is 12.1 Å². The standard InChI is InChI=1S/C8H7F2NO/c1-5(12)7-6(8(9)10)3-2-4-11-7/h2-4,8H,1H3. The van der Waals surface area contributed by atoms with Crippen molar-refractivity contribution < 1.29 is 13.6 Å². The zero-order valence-corrected chi connectivity index (χ0v) is 6.42. The van der Waals surface area contributed by atoms with Gasteiger partial charge in [0.25, 0.3) is 6.43 Å². The first kappa shape index (κ1) is 8.77. The van der Waals surface area contributed by atoms with Gasteiger partial charge in [0.2, 0.25) is 0 Å². The number of nitrogens with zero attached hydrogens (tertiary/aromatic N) is 1. The van der Waals surface area contributed by atoms with Crippen molar-refractivity contribution in [1.29, 1.82) is 0 Å². The number of halogens is 2. The summed E-state index contributed by atoms with van der Waals surface area (Å²) in [5.74, 6) is -0.439. The minimum atomic E-state index is -2.64. The summed E-state index contributed by atoms with van der Waals surface area (Å²) in [7, 11) is 0. The van der Waals surface area contributed by atoms with Gasteiger partial charge in [0, 0.05) is 18.7 Å². The summed E-state index contributed by atoms with van der Waals surface area (Å²) in [6.07, 6.45) is -1.32. The third kappa shape index (κ3) is 1.64. The highest BCUT2D eigenvalue weighted by Crippen LogP contribution is 2.20. The van der Waals surface area contributed by atoms with Gasteiger partial charge in [-0.1, -0.05) is 0 Å². The Bertz CT molecular complexity index is 299. The first-order valence-corrected chi connectivity index (χ1v) is 3.37. The van der Waals surface area contributed by atoms with Gasteiger partial charge in [0.05, 0.1) is 0 Å². The van der Waals surface area contributed by atoms with Crippen LogP contribution in [0, 0.1) is 0 Å². The molecule has 1 aromatic rings. The fraction of sp³-hybridized carbons (Fsp3) is 0.250. The van der Waals surface area contributed by atoms with E-state index in [9.17, 15) is 13.6 Å². The quantitative estimate of drug-likeness (QED) is 0.638. The number of alkyl halides is 2. The molecule has 0 spiro atoms. The van der Waals surface area contributed by atoms with E-state index in [-0.39, 0.29) is 11.3 Å². The molecule has 4 heteroatoms. The molecule has 0 saturated carbocycles. The van der Waals surface area contributed by atoms with E-state index in [2.05, 4.69) is 4.98 Å². The lowest BCUT2D eigenvalue weighted by molar-refractivity contribution is 0.0993. The van der Waals surface area contributed by atoms with Gasteiger partial charge in [-0.25, -0.2) is 8.78 Å². The Morgan fingerprint density at radius 1 is 1.58 bits per heavy atom. The number of carbonyl (C=O) groups excluding carboxylic acids is 1. The summed E-state index contributed by atoms with van der Waals surface area (Å²) in [6, 6.07) is 2.59. The maximum atomic E-state index is 12.2. The zero-order chi connectivity index (χ0) is 9.14. The fourth-order valence-corrected chi connectivity index (χ4v) is 0.888. The van der Waals surface area contributed by atoms with E-state index in [1.54, 1.807) is 0 Å². The molecular formula is C8H7F2NO. The minimum absolute atomic E-state index is 0.146. The van der Waals surface area contributed by atoms with E-state index in [1.807, 2.05) is 0 Å². The number of hydrogen-bond donors (Lipinski definition) is 0. The summed E-state index contributed by atoms with van der Waals surface area (Å²) < 4.78 is 24.4. The topological polar surface area (TPSA) is 30.0 Å². The molecule has 1 aromatic heterocycles. The van der Waals surface area contributed by atoms with E-state index < -0.39 is 12.2 Å². The smallest absolute Gasteiger partial charge is 0.266 e. The second-order valence-electron chi connectivity index (χ2n) is 2.30. The SMILES string of the molecule is CC(=O)c1ncccc1C(F)F. The molecule has 0 radical (unpaired) electrons. The lowest BCUT2D eigenvalue weighted by atomic mass is 10.1. The normalized spacial score (nSPS) is 10.3. The Balaban J connectivity index is 3.17.